The van der Waals surface area contributed by atoms with Gasteiger partial charge in [-0.25, -0.2) is 13.2 Å². The Labute approximate surface area is 116 Å². The van der Waals surface area contributed by atoms with Gasteiger partial charge < -0.3 is 10.6 Å². The molecule has 1 aromatic carbocycles. The molecule has 0 radical (unpaired) electrons. The molecule has 7 heteroatoms. The zero-order valence-corrected chi connectivity index (χ0v) is 11.3. The molecule has 2 N–H and O–H groups in total. The van der Waals surface area contributed by atoms with Crippen molar-refractivity contribution in [2.24, 2.45) is 0 Å². The summed E-state index contributed by atoms with van der Waals surface area (Å²) in [5, 5.41) is 5.37. The van der Waals surface area contributed by atoms with Crippen LogP contribution >= 0.6 is 12.4 Å². The standard InChI is InChI=1S/C12H15F3N2O.ClH/c1-2-3-16-4-5-17-12(18)11-9(14)6-8(13)7-10(11)15;/h6-7,16H,2-5H2,1H3,(H,17,18);1H. The molecular formula is C12H16ClF3N2O. The number of hydrogen-bond donors (Lipinski definition) is 2. The summed E-state index contributed by atoms with van der Waals surface area (Å²) in [6.45, 7) is 3.54. The van der Waals surface area contributed by atoms with E-state index in [-0.39, 0.29) is 19.0 Å². The molecule has 1 amide bonds. The molecule has 108 valence electrons. The van der Waals surface area contributed by atoms with E-state index in [1.54, 1.807) is 0 Å². The maximum atomic E-state index is 13.2. The Bertz CT molecular complexity index is 406. The normalized spacial score (nSPS) is 9.89. The van der Waals surface area contributed by atoms with E-state index >= 15 is 0 Å². The van der Waals surface area contributed by atoms with Crippen LogP contribution in [0.2, 0.25) is 0 Å². The van der Waals surface area contributed by atoms with Gasteiger partial charge in [-0.05, 0) is 13.0 Å². The first-order chi connectivity index (χ1) is 8.56. The zero-order valence-electron chi connectivity index (χ0n) is 10.4. The highest BCUT2D eigenvalue weighted by atomic mass is 35.5. The van der Waals surface area contributed by atoms with E-state index in [1.165, 1.54) is 0 Å². The van der Waals surface area contributed by atoms with Gasteiger partial charge in [-0.15, -0.1) is 12.4 Å². The molecule has 3 nitrogen and oxygen atoms in total. The van der Waals surface area contributed by atoms with Gasteiger partial charge in [-0.3, -0.25) is 4.79 Å². The molecule has 0 aliphatic rings. The van der Waals surface area contributed by atoms with E-state index in [0.717, 1.165) is 13.0 Å². The third-order valence-corrected chi connectivity index (χ3v) is 2.25. The molecule has 0 fully saturated rings. The molecule has 0 spiro atoms. The maximum Gasteiger partial charge on any atom is 0.257 e. The van der Waals surface area contributed by atoms with Crippen molar-refractivity contribution in [1.29, 1.82) is 0 Å². The van der Waals surface area contributed by atoms with Gasteiger partial charge in [0.15, 0.2) is 0 Å². The topological polar surface area (TPSA) is 41.1 Å². The van der Waals surface area contributed by atoms with Crippen molar-refractivity contribution < 1.29 is 18.0 Å². The van der Waals surface area contributed by atoms with Gasteiger partial charge in [-0.2, -0.15) is 0 Å². The molecule has 0 saturated heterocycles. The smallest absolute Gasteiger partial charge is 0.257 e. The summed E-state index contributed by atoms with van der Waals surface area (Å²) in [5.41, 5.74) is -0.758. The number of amides is 1. The first-order valence-corrected chi connectivity index (χ1v) is 5.69. The number of benzene rings is 1. The number of carbonyl (C=O) groups is 1. The highest BCUT2D eigenvalue weighted by Gasteiger charge is 2.18. The molecule has 19 heavy (non-hydrogen) atoms. The fraction of sp³-hybridized carbons (Fsp3) is 0.417. The van der Waals surface area contributed by atoms with Crippen LogP contribution in [0.25, 0.3) is 0 Å². The predicted octanol–water partition coefficient (Wildman–Crippen LogP) is 2.26. The minimum Gasteiger partial charge on any atom is -0.351 e. The molecule has 0 aliphatic heterocycles. The lowest BCUT2D eigenvalue weighted by atomic mass is 10.2. The summed E-state index contributed by atoms with van der Waals surface area (Å²) >= 11 is 0. The molecule has 0 bridgehead atoms. The fourth-order valence-corrected chi connectivity index (χ4v) is 1.41. The Morgan fingerprint density at radius 1 is 1.11 bits per heavy atom. The molecule has 0 saturated carbocycles. The van der Waals surface area contributed by atoms with E-state index in [4.69, 9.17) is 0 Å². The van der Waals surface area contributed by atoms with Crippen molar-refractivity contribution >= 4 is 18.3 Å². The Morgan fingerprint density at radius 3 is 2.21 bits per heavy atom. The molecule has 0 unspecified atom stereocenters. The minimum atomic E-state index is -1.20. The molecule has 0 heterocycles. The number of carbonyl (C=O) groups excluding carboxylic acids is 1. The van der Waals surface area contributed by atoms with Gasteiger partial charge in [0.2, 0.25) is 0 Å². The Hall–Kier alpha value is -1.27. The fourth-order valence-electron chi connectivity index (χ4n) is 1.41. The third-order valence-electron chi connectivity index (χ3n) is 2.25. The van der Waals surface area contributed by atoms with Crippen molar-refractivity contribution in [3.8, 4) is 0 Å². The minimum absolute atomic E-state index is 0. The second-order valence-electron chi connectivity index (χ2n) is 3.75. The third kappa shape index (κ3) is 5.48. The van der Waals surface area contributed by atoms with E-state index < -0.39 is 28.9 Å². The van der Waals surface area contributed by atoms with Gasteiger partial charge >= 0.3 is 0 Å². The Kier molecular flexibility index (Phi) is 8.18. The van der Waals surface area contributed by atoms with Crippen LogP contribution in [-0.2, 0) is 0 Å². The van der Waals surface area contributed by atoms with Crippen molar-refractivity contribution in [3.05, 3.63) is 35.1 Å². The van der Waals surface area contributed by atoms with Gasteiger partial charge in [0.25, 0.3) is 5.91 Å². The highest BCUT2D eigenvalue weighted by molar-refractivity contribution is 5.94. The van der Waals surface area contributed by atoms with Crippen LogP contribution in [0.1, 0.15) is 23.7 Å². The maximum absolute atomic E-state index is 13.2. The van der Waals surface area contributed by atoms with Crippen molar-refractivity contribution in [2.45, 2.75) is 13.3 Å². The molecule has 1 aromatic rings. The van der Waals surface area contributed by atoms with Crippen LogP contribution in [-0.4, -0.2) is 25.5 Å². The predicted molar refractivity (Wildman–Crippen MR) is 69.1 cm³/mol. The lowest BCUT2D eigenvalue weighted by molar-refractivity contribution is 0.0945. The van der Waals surface area contributed by atoms with Crippen LogP contribution in [0.5, 0.6) is 0 Å². The SMILES string of the molecule is CCCNCCNC(=O)c1c(F)cc(F)cc1F.Cl. The largest absolute Gasteiger partial charge is 0.351 e. The summed E-state index contributed by atoms with van der Waals surface area (Å²) in [6.07, 6.45) is 0.954. The Balaban J connectivity index is 0.00000324. The average Bonchev–Trinajstić information content (AvgIpc) is 2.27. The summed E-state index contributed by atoms with van der Waals surface area (Å²) in [4.78, 5) is 11.5. The van der Waals surface area contributed by atoms with Crippen molar-refractivity contribution in [3.63, 3.8) is 0 Å². The quantitative estimate of drug-likeness (QED) is 0.791. The number of halogens is 4. The number of hydrogen-bond acceptors (Lipinski definition) is 2. The summed E-state index contributed by atoms with van der Waals surface area (Å²) < 4.78 is 39.1. The highest BCUT2D eigenvalue weighted by Crippen LogP contribution is 2.14. The molecule has 1 rings (SSSR count). The average molecular weight is 297 g/mol. The van der Waals surface area contributed by atoms with Gasteiger partial charge in [0.05, 0.1) is 0 Å². The second-order valence-corrected chi connectivity index (χ2v) is 3.75. The molecular weight excluding hydrogens is 281 g/mol. The van der Waals surface area contributed by atoms with Crippen LogP contribution in [0.4, 0.5) is 13.2 Å². The number of rotatable bonds is 6. The molecule has 0 aliphatic carbocycles. The monoisotopic (exact) mass is 296 g/mol. The van der Waals surface area contributed by atoms with Crippen LogP contribution < -0.4 is 10.6 Å². The second kappa shape index (κ2) is 8.77. The first-order valence-electron chi connectivity index (χ1n) is 5.69. The van der Waals surface area contributed by atoms with Gasteiger partial charge in [-0.1, -0.05) is 6.92 Å². The van der Waals surface area contributed by atoms with Crippen LogP contribution in [0.15, 0.2) is 12.1 Å². The van der Waals surface area contributed by atoms with E-state index in [1.807, 2.05) is 6.92 Å². The summed E-state index contributed by atoms with van der Waals surface area (Å²) in [7, 11) is 0. The molecule has 0 aromatic heterocycles. The van der Waals surface area contributed by atoms with E-state index in [0.29, 0.717) is 18.7 Å². The lowest BCUT2D eigenvalue weighted by Crippen LogP contribution is -2.33. The summed E-state index contributed by atoms with van der Waals surface area (Å²) in [6, 6.07) is 0.959. The van der Waals surface area contributed by atoms with Gasteiger partial charge in [0, 0.05) is 25.2 Å². The zero-order chi connectivity index (χ0) is 13.5. The van der Waals surface area contributed by atoms with E-state index in [2.05, 4.69) is 10.6 Å². The van der Waals surface area contributed by atoms with Gasteiger partial charge in [0.1, 0.15) is 23.0 Å². The van der Waals surface area contributed by atoms with Crippen molar-refractivity contribution in [1.82, 2.24) is 10.6 Å². The first kappa shape index (κ1) is 17.7. The van der Waals surface area contributed by atoms with Crippen LogP contribution in [0, 0.1) is 17.5 Å². The Morgan fingerprint density at radius 2 is 1.68 bits per heavy atom. The van der Waals surface area contributed by atoms with E-state index in [9.17, 15) is 18.0 Å². The summed E-state index contributed by atoms with van der Waals surface area (Å²) in [5.74, 6) is -4.34. The number of nitrogens with one attached hydrogen (secondary N) is 2. The molecule has 0 atom stereocenters. The van der Waals surface area contributed by atoms with Crippen molar-refractivity contribution in [2.75, 3.05) is 19.6 Å². The lowest BCUT2D eigenvalue weighted by Gasteiger charge is -2.07. The van der Waals surface area contributed by atoms with Crippen LogP contribution in [0.3, 0.4) is 0 Å².